The topological polar surface area (TPSA) is 49.4 Å². The molecule has 0 aromatic carbocycles. The molecule has 2 rings (SSSR count). The van der Waals surface area contributed by atoms with E-state index in [0.717, 1.165) is 51.5 Å². The van der Waals surface area contributed by atoms with Crippen molar-refractivity contribution in [2.24, 2.45) is 11.8 Å². The minimum atomic E-state index is -0.226. The maximum atomic E-state index is 12.6. The second kappa shape index (κ2) is 8.51. The molecule has 1 aliphatic heterocycles. The van der Waals surface area contributed by atoms with E-state index in [9.17, 15) is 9.59 Å². The first-order valence-electron chi connectivity index (χ1n) is 9.23. The zero-order valence-corrected chi connectivity index (χ0v) is 14.7. The molecule has 130 valence electrons. The van der Waals surface area contributed by atoms with Gasteiger partial charge in [-0.1, -0.05) is 32.8 Å². The molecule has 1 N–H and O–H groups in total. The van der Waals surface area contributed by atoms with E-state index < -0.39 is 0 Å². The van der Waals surface area contributed by atoms with E-state index in [4.69, 9.17) is 0 Å². The summed E-state index contributed by atoms with van der Waals surface area (Å²) in [6.45, 7) is 8.87. The molecule has 1 saturated heterocycles. The van der Waals surface area contributed by atoms with Crippen molar-refractivity contribution in [3.8, 4) is 0 Å². The zero-order chi connectivity index (χ0) is 16.8. The number of allylic oxidation sites excluding steroid dienone is 1. The summed E-state index contributed by atoms with van der Waals surface area (Å²) in [6, 6.07) is 0.141. The summed E-state index contributed by atoms with van der Waals surface area (Å²) < 4.78 is 0. The second-order valence-electron chi connectivity index (χ2n) is 7.48. The van der Waals surface area contributed by atoms with Gasteiger partial charge in [0.25, 0.3) is 0 Å². The third-order valence-electron chi connectivity index (χ3n) is 5.08. The highest BCUT2D eigenvalue weighted by molar-refractivity contribution is 5.88. The van der Waals surface area contributed by atoms with Crippen molar-refractivity contribution < 1.29 is 9.59 Å². The number of hydrogen-bond donors (Lipinski definition) is 1. The molecule has 2 amide bonds. The van der Waals surface area contributed by atoms with Crippen molar-refractivity contribution in [1.82, 2.24) is 10.2 Å². The Morgan fingerprint density at radius 2 is 2.00 bits per heavy atom. The van der Waals surface area contributed by atoms with Crippen LogP contribution in [0.3, 0.4) is 0 Å². The Bertz CT molecular complexity index is 431. The Labute approximate surface area is 140 Å². The minimum Gasteiger partial charge on any atom is -0.352 e. The maximum Gasteiger partial charge on any atom is 0.243 e. The van der Waals surface area contributed by atoms with Gasteiger partial charge in [-0.05, 0) is 43.9 Å². The van der Waals surface area contributed by atoms with E-state index in [1.165, 1.54) is 0 Å². The average Bonchev–Trinajstić information content (AvgIpc) is 3.18. The number of likely N-dealkylation sites (tertiary alicyclic amines) is 1. The molecule has 1 heterocycles. The second-order valence-corrected chi connectivity index (χ2v) is 7.48. The standard InChI is InChI=1S/C19H32N2O2/c1-4-14(2)7-5-8-15(3)13-18(22)21-12-6-9-17(21)19(23)20-16-10-11-16/h4,14-17H,1,5-13H2,2-3H3,(H,20,23)/t14-,15+,17-/m0/s1. The molecular weight excluding hydrogens is 288 g/mol. The van der Waals surface area contributed by atoms with E-state index in [0.29, 0.717) is 24.3 Å². The fourth-order valence-electron chi connectivity index (χ4n) is 3.29. The molecule has 3 atom stereocenters. The van der Waals surface area contributed by atoms with Gasteiger partial charge in [-0.25, -0.2) is 0 Å². The quantitative estimate of drug-likeness (QED) is 0.663. The monoisotopic (exact) mass is 320 g/mol. The van der Waals surface area contributed by atoms with Crippen LogP contribution in [0.15, 0.2) is 12.7 Å². The molecule has 1 saturated carbocycles. The molecule has 0 aromatic rings. The van der Waals surface area contributed by atoms with E-state index in [1.54, 1.807) is 0 Å². The molecule has 1 aliphatic carbocycles. The van der Waals surface area contributed by atoms with Crippen molar-refractivity contribution in [2.75, 3.05) is 6.54 Å². The number of amides is 2. The summed E-state index contributed by atoms with van der Waals surface area (Å²) in [4.78, 5) is 26.6. The highest BCUT2D eigenvalue weighted by Crippen LogP contribution is 2.24. The fourth-order valence-corrected chi connectivity index (χ4v) is 3.29. The predicted molar refractivity (Wildman–Crippen MR) is 92.9 cm³/mol. The van der Waals surface area contributed by atoms with Gasteiger partial charge >= 0.3 is 0 Å². The molecule has 0 aromatic heterocycles. The van der Waals surface area contributed by atoms with Gasteiger partial charge in [0.1, 0.15) is 6.04 Å². The predicted octanol–water partition coefficient (Wildman–Crippen LogP) is 3.27. The van der Waals surface area contributed by atoms with Crippen molar-refractivity contribution in [1.29, 1.82) is 0 Å². The van der Waals surface area contributed by atoms with Crippen LogP contribution in [-0.4, -0.2) is 35.3 Å². The summed E-state index contributed by atoms with van der Waals surface area (Å²) >= 11 is 0. The van der Waals surface area contributed by atoms with Crippen molar-refractivity contribution in [2.45, 2.75) is 77.3 Å². The molecule has 2 aliphatic rings. The summed E-state index contributed by atoms with van der Waals surface area (Å²) in [5.74, 6) is 1.15. The van der Waals surface area contributed by atoms with E-state index >= 15 is 0 Å². The SMILES string of the molecule is C=C[C@H](C)CCC[C@@H](C)CC(=O)N1CCC[C@H]1C(=O)NC1CC1. The Morgan fingerprint density at radius 3 is 2.65 bits per heavy atom. The van der Waals surface area contributed by atoms with Crippen LogP contribution < -0.4 is 5.32 Å². The highest BCUT2D eigenvalue weighted by Gasteiger charge is 2.36. The lowest BCUT2D eigenvalue weighted by Gasteiger charge is -2.25. The Hall–Kier alpha value is -1.32. The highest BCUT2D eigenvalue weighted by atomic mass is 16.2. The van der Waals surface area contributed by atoms with E-state index in [1.807, 2.05) is 11.0 Å². The van der Waals surface area contributed by atoms with Crippen LogP contribution in [-0.2, 0) is 9.59 Å². The minimum absolute atomic E-state index is 0.0609. The van der Waals surface area contributed by atoms with E-state index in [2.05, 4.69) is 25.7 Å². The molecular formula is C19H32N2O2. The smallest absolute Gasteiger partial charge is 0.243 e. The first-order chi connectivity index (χ1) is 11.0. The number of hydrogen-bond acceptors (Lipinski definition) is 2. The average molecular weight is 320 g/mol. The van der Waals surface area contributed by atoms with Gasteiger partial charge in [-0.3, -0.25) is 9.59 Å². The summed E-state index contributed by atoms with van der Waals surface area (Å²) in [6.07, 6.45) is 9.83. The molecule has 4 nitrogen and oxygen atoms in total. The van der Waals surface area contributed by atoms with Gasteiger partial charge in [0.05, 0.1) is 0 Å². The van der Waals surface area contributed by atoms with E-state index in [-0.39, 0.29) is 17.9 Å². The largest absolute Gasteiger partial charge is 0.352 e. The van der Waals surface area contributed by atoms with Gasteiger partial charge in [0.15, 0.2) is 0 Å². The van der Waals surface area contributed by atoms with Gasteiger partial charge in [0.2, 0.25) is 11.8 Å². The summed E-state index contributed by atoms with van der Waals surface area (Å²) in [7, 11) is 0. The third kappa shape index (κ3) is 5.67. The molecule has 0 bridgehead atoms. The maximum absolute atomic E-state index is 12.6. The molecule has 4 heteroatoms. The van der Waals surface area contributed by atoms with Crippen LogP contribution in [0.5, 0.6) is 0 Å². The van der Waals surface area contributed by atoms with Gasteiger partial charge in [-0.15, -0.1) is 6.58 Å². The Morgan fingerprint density at radius 1 is 1.26 bits per heavy atom. The van der Waals surface area contributed by atoms with Crippen LogP contribution in [0.1, 0.15) is 65.2 Å². The van der Waals surface area contributed by atoms with Crippen molar-refractivity contribution in [3.05, 3.63) is 12.7 Å². The van der Waals surface area contributed by atoms with Crippen LogP contribution in [0.4, 0.5) is 0 Å². The van der Waals surface area contributed by atoms with Crippen molar-refractivity contribution >= 4 is 11.8 Å². The zero-order valence-electron chi connectivity index (χ0n) is 14.7. The van der Waals surface area contributed by atoms with Crippen LogP contribution in [0.2, 0.25) is 0 Å². The van der Waals surface area contributed by atoms with Gasteiger partial charge < -0.3 is 10.2 Å². The lowest BCUT2D eigenvalue weighted by Crippen LogP contribution is -2.46. The number of nitrogens with one attached hydrogen (secondary N) is 1. The number of carbonyl (C=O) groups excluding carboxylic acids is 2. The first-order valence-corrected chi connectivity index (χ1v) is 9.23. The van der Waals surface area contributed by atoms with Gasteiger partial charge in [-0.2, -0.15) is 0 Å². The molecule has 2 fully saturated rings. The summed E-state index contributed by atoms with van der Waals surface area (Å²) in [5.41, 5.74) is 0. The van der Waals surface area contributed by atoms with Crippen LogP contribution in [0, 0.1) is 11.8 Å². The number of nitrogens with zero attached hydrogens (tertiary/aromatic N) is 1. The van der Waals surface area contributed by atoms with Gasteiger partial charge in [0, 0.05) is 19.0 Å². The molecule has 0 radical (unpaired) electrons. The lowest BCUT2D eigenvalue weighted by molar-refractivity contribution is -0.139. The third-order valence-corrected chi connectivity index (χ3v) is 5.08. The number of rotatable bonds is 9. The van der Waals surface area contributed by atoms with Crippen LogP contribution in [0.25, 0.3) is 0 Å². The molecule has 0 unspecified atom stereocenters. The number of carbonyl (C=O) groups is 2. The molecule has 23 heavy (non-hydrogen) atoms. The Balaban J connectivity index is 1.74. The fraction of sp³-hybridized carbons (Fsp3) is 0.789. The van der Waals surface area contributed by atoms with Crippen molar-refractivity contribution in [3.63, 3.8) is 0 Å². The van der Waals surface area contributed by atoms with Crippen LogP contribution >= 0.6 is 0 Å². The lowest BCUT2D eigenvalue weighted by atomic mass is 9.96. The first kappa shape index (κ1) is 18.0. The summed E-state index contributed by atoms with van der Waals surface area (Å²) in [5, 5.41) is 3.04. The normalized spacial score (nSPS) is 23.4. The molecule has 0 spiro atoms. The Kier molecular flexibility index (Phi) is 6.67.